The Labute approximate surface area is 177 Å². The summed E-state index contributed by atoms with van der Waals surface area (Å²) in [6.07, 6.45) is 1.58. The van der Waals surface area contributed by atoms with Crippen molar-refractivity contribution >= 4 is 28.1 Å². The summed E-state index contributed by atoms with van der Waals surface area (Å²) in [5, 5.41) is 4.08. The molecule has 0 N–H and O–H groups in total. The van der Waals surface area contributed by atoms with E-state index in [2.05, 4.69) is 31.3 Å². The zero-order valence-electron chi connectivity index (χ0n) is 16.9. The fraction of sp³-hybridized carbons (Fsp3) is 0.227. The highest BCUT2D eigenvalue weighted by molar-refractivity contribution is 7.09. The molecule has 0 saturated heterocycles. The van der Waals surface area contributed by atoms with Crippen LogP contribution in [0.15, 0.2) is 42.0 Å². The first kappa shape index (κ1) is 18.6. The number of anilines is 1. The van der Waals surface area contributed by atoms with Crippen molar-refractivity contribution in [2.75, 3.05) is 25.9 Å². The van der Waals surface area contributed by atoms with Gasteiger partial charge in [0, 0.05) is 29.4 Å². The van der Waals surface area contributed by atoms with Gasteiger partial charge in [0.05, 0.1) is 29.9 Å². The fourth-order valence-corrected chi connectivity index (χ4v) is 4.24. The van der Waals surface area contributed by atoms with Crippen LogP contribution in [0.3, 0.4) is 0 Å². The minimum atomic E-state index is 0.243. The van der Waals surface area contributed by atoms with Crippen LogP contribution in [0.4, 0.5) is 5.82 Å². The lowest BCUT2D eigenvalue weighted by Gasteiger charge is -2.19. The fourth-order valence-electron chi connectivity index (χ4n) is 3.63. The molecule has 1 aliphatic heterocycles. The van der Waals surface area contributed by atoms with Gasteiger partial charge in [0.25, 0.3) is 0 Å². The molecule has 0 unspecified atom stereocenters. The molecule has 152 valence electrons. The predicted octanol–water partition coefficient (Wildman–Crippen LogP) is 4.44. The van der Waals surface area contributed by atoms with Gasteiger partial charge in [0.2, 0.25) is 6.79 Å². The van der Waals surface area contributed by atoms with E-state index in [0.717, 1.165) is 55.8 Å². The van der Waals surface area contributed by atoms with Gasteiger partial charge in [-0.15, -0.1) is 11.3 Å². The SMILES string of the molecule is COc1cc2ncnc(N(C)Cc3csc(C)n3)c2cc1-c1ccc2c(c1)OCO2. The van der Waals surface area contributed by atoms with Crippen LogP contribution in [0, 0.1) is 6.92 Å². The van der Waals surface area contributed by atoms with Crippen LogP contribution in [-0.4, -0.2) is 35.9 Å². The van der Waals surface area contributed by atoms with Crippen molar-refractivity contribution < 1.29 is 14.2 Å². The van der Waals surface area contributed by atoms with E-state index >= 15 is 0 Å². The van der Waals surface area contributed by atoms with E-state index in [9.17, 15) is 0 Å². The third-order valence-electron chi connectivity index (χ3n) is 5.05. The monoisotopic (exact) mass is 420 g/mol. The summed E-state index contributed by atoms with van der Waals surface area (Å²) in [5.41, 5.74) is 3.77. The number of ether oxygens (including phenoxy) is 3. The topological polar surface area (TPSA) is 69.6 Å². The molecule has 2 aromatic carbocycles. The number of benzene rings is 2. The van der Waals surface area contributed by atoms with Gasteiger partial charge in [-0.25, -0.2) is 15.0 Å². The maximum atomic E-state index is 5.67. The summed E-state index contributed by atoms with van der Waals surface area (Å²) in [6.45, 7) is 2.92. The Bertz CT molecular complexity index is 1240. The van der Waals surface area contributed by atoms with Gasteiger partial charge in [-0.1, -0.05) is 6.07 Å². The summed E-state index contributed by atoms with van der Waals surface area (Å²) in [6, 6.07) is 9.91. The molecule has 0 spiro atoms. The molecule has 2 aromatic heterocycles. The van der Waals surface area contributed by atoms with Crippen LogP contribution in [0.25, 0.3) is 22.0 Å². The van der Waals surface area contributed by atoms with Crippen molar-refractivity contribution in [3.63, 3.8) is 0 Å². The Morgan fingerprint density at radius 2 is 2.00 bits per heavy atom. The van der Waals surface area contributed by atoms with Crippen LogP contribution < -0.4 is 19.1 Å². The molecule has 7 nitrogen and oxygen atoms in total. The number of rotatable bonds is 5. The minimum absolute atomic E-state index is 0.243. The van der Waals surface area contributed by atoms with Crippen LogP contribution in [-0.2, 0) is 6.54 Å². The highest BCUT2D eigenvalue weighted by Gasteiger charge is 2.18. The second-order valence-electron chi connectivity index (χ2n) is 7.05. The molecule has 0 atom stereocenters. The Morgan fingerprint density at radius 1 is 1.13 bits per heavy atom. The molecule has 0 saturated carbocycles. The number of thiazole rings is 1. The van der Waals surface area contributed by atoms with E-state index in [0.29, 0.717) is 6.54 Å². The predicted molar refractivity (Wildman–Crippen MR) is 117 cm³/mol. The molecule has 0 fully saturated rings. The van der Waals surface area contributed by atoms with Gasteiger partial charge in [-0.2, -0.15) is 0 Å². The number of aryl methyl sites for hydroxylation is 1. The maximum absolute atomic E-state index is 5.67. The van der Waals surface area contributed by atoms with Gasteiger partial charge in [-0.05, 0) is 30.7 Å². The van der Waals surface area contributed by atoms with Crippen molar-refractivity contribution in [3.8, 4) is 28.4 Å². The van der Waals surface area contributed by atoms with Crippen molar-refractivity contribution in [3.05, 3.63) is 52.7 Å². The van der Waals surface area contributed by atoms with Crippen molar-refractivity contribution in [1.82, 2.24) is 15.0 Å². The average molecular weight is 420 g/mol. The molecule has 30 heavy (non-hydrogen) atoms. The summed E-state index contributed by atoms with van der Waals surface area (Å²) in [7, 11) is 3.68. The smallest absolute Gasteiger partial charge is 0.231 e. The third-order valence-corrected chi connectivity index (χ3v) is 5.87. The maximum Gasteiger partial charge on any atom is 0.231 e. The lowest BCUT2D eigenvalue weighted by molar-refractivity contribution is 0.174. The number of methoxy groups -OCH3 is 1. The largest absolute Gasteiger partial charge is 0.496 e. The Kier molecular flexibility index (Phi) is 4.63. The Balaban J connectivity index is 1.60. The number of hydrogen-bond acceptors (Lipinski definition) is 8. The quantitative estimate of drug-likeness (QED) is 0.473. The van der Waals surface area contributed by atoms with E-state index in [1.54, 1.807) is 24.8 Å². The molecule has 0 amide bonds. The molecule has 0 aliphatic carbocycles. The summed E-state index contributed by atoms with van der Waals surface area (Å²) in [5.74, 6) is 3.06. The lowest BCUT2D eigenvalue weighted by Crippen LogP contribution is -2.18. The first-order chi connectivity index (χ1) is 14.6. The second-order valence-corrected chi connectivity index (χ2v) is 8.11. The van der Waals surface area contributed by atoms with Gasteiger partial charge in [0.15, 0.2) is 11.5 Å². The van der Waals surface area contributed by atoms with Gasteiger partial charge < -0.3 is 19.1 Å². The molecule has 3 heterocycles. The number of fused-ring (bicyclic) bond motifs is 2. The van der Waals surface area contributed by atoms with Crippen molar-refractivity contribution in [2.24, 2.45) is 0 Å². The number of aromatic nitrogens is 3. The lowest BCUT2D eigenvalue weighted by atomic mass is 10.0. The van der Waals surface area contributed by atoms with E-state index in [4.69, 9.17) is 14.2 Å². The van der Waals surface area contributed by atoms with Crippen LogP contribution in [0.2, 0.25) is 0 Å². The normalized spacial score (nSPS) is 12.4. The standard InChI is InChI=1S/C22H20N4O3S/c1-13-25-15(10-30-13)9-26(2)22-17-7-16(20(27-3)8-18(17)23-11-24-22)14-4-5-19-21(6-14)29-12-28-19/h4-8,10-11H,9,12H2,1-3H3. The minimum Gasteiger partial charge on any atom is -0.496 e. The van der Waals surface area contributed by atoms with Gasteiger partial charge in [0.1, 0.15) is 17.9 Å². The zero-order valence-corrected chi connectivity index (χ0v) is 17.7. The van der Waals surface area contributed by atoms with Gasteiger partial charge in [-0.3, -0.25) is 0 Å². The van der Waals surface area contributed by atoms with E-state index in [-0.39, 0.29) is 6.79 Å². The highest BCUT2D eigenvalue weighted by Crippen LogP contribution is 2.41. The van der Waals surface area contributed by atoms with E-state index in [1.165, 1.54) is 0 Å². The molecule has 8 heteroatoms. The van der Waals surface area contributed by atoms with Crippen molar-refractivity contribution in [2.45, 2.75) is 13.5 Å². The Morgan fingerprint density at radius 3 is 2.80 bits per heavy atom. The average Bonchev–Trinajstić information content (AvgIpc) is 3.40. The summed E-state index contributed by atoms with van der Waals surface area (Å²) in [4.78, 5) is 15.7. The zero-order chi connectivity index (χ0) is 20.7. The Hall–Kier alpha value is -3.39. The summed E-state index contributed by atoms with van der Waals surface area (Å²) >= 11 is 1.65. The molecule has 5 rings (SSSR count). The molecule has 0 bridgehead atoms. The second kappa shape index (κ2) is 7.46. The number of nitrogens with zero attached hydrogens (tertiary/aromatic N) is 4. The molecule has 4 aromatic rings. The molecule has 1 aliphatic rings. The number of hydrogen-bond donors (Lipinski definition) is 0. The van der Waals surface area contributed by atoms with Gasteiger partial charge >= 0.3 is 0 Å². The van der Waals surface area contributed by atoms with E-state index in [1.807, 2.05) is 38.2 Å². The first-order valence-corrected chi connectivity index (χ1v) is 10.4. The molecular formula is C22H20N4O3S. The van der Waals surface area contributed by atoms with Crippen LogP contribution in [0.5, 0.6) is 17.2 Å². The van der Waals surface area contributed by atoms with Crippen LogP contribution >= 0.6 is 11.3 Å². The molecular weight excluding hydrogens is 400 g/mol. The summed E-state index contributed by atoms with van der Waals surface area (Å²) < 4.78 is 16.7. The highest BCUT2D eigenvalue weighted by atomic mass is 32.1. The van der Waals surface area contributed by atoms with E-state index < -0.39 is 0 Å². The van der Waals surface area contributed by atoms with Crippen molar-refractivity contribution in [1.29, 1.82) is 0 Å². The van der Waals surface area contributed by atoms with Crippen LogP contribution in [0.1, 0.15) is 10.7 Å². The molecule has 0 radical (unpaired) electrons. The first-order valence-electron chi connectivity index (χ1n) is 9.47. The third kappa shape index (κ3) is 3.29.